The molecule has 0 heterocycles. The van der Waals surface area contributed by atoms with E-state index >= 15 is 0 Å². The summed E-state index contributed by atoms with van der Waals surface area (Å²) in [6.07, 6.45) is 5.08. The number of methoxy groups -OCH3 is 1. The summed E-state index contributed by atoms with van der Waals surface area (Å²) in [5.74, 6) is -0.343. The number of carbonyl (C=O) groups excluding carboxylic acids is 1. The lowest BCUT2D eigenvalue weighted by Crippen LogP contribution is -2.35. The average Bonchev–Trinajstić information content (AvgIpc) is 2.48. The van der Waals surface area contributed by atoms with Gasteiger partial charge in [0.15, 0.2) is 4.90 Å². The van der Waals surface area contributed by atoms with Gasteiger partial charge in [-0.2, -0.15) is 0 Å². The summed E-state index contributed by atoms with van der Waals surface area (Å²) in [5, 5.41) is 0. The van der Waals surface area contributed by atoms with Crippen molar-refractivity contribution in [3.05, 3.63) is 55.1 Å². The smallest absolute Gasteiger partial charge is 0.327 e. The van der Waals surface area contributed by atoms with E-state index in [2.05, 4.69) is 13.2 Å². The van der Waals surface area contributed by atoms with Gasteiger partial charge in [-0.3, -0.25) is 4.90 Å². The fraction of sp³-hybridized carbons (Fsp3) is 0.312. The van der Waals surface area contributed by atoms with Gasteiger partial charge in [-0.1, -0.05) is 24.3 Å². The summed E-state index contributed by atoms with van der Waals surface area (Å²) in [6, 6.07) is 6.60. The summed E-state index contributed by atoms with van der Waals surface area (Å²) >= 11 is -1.04. The van der Waals surface area contributed by atoms with Crippen LogP contribution in [0.2, 0.25) is 0 Å². The quantitative estimate of drug-likeness (QED) is 0.420. The highest BCUT2D eigenvalue weighted by molar-refractivity contribution is 7.90. The molecule has 1 aromatic rings. The maximum absolute atomic E-state index is 12.1. The van der Waals surface area contributed by atoms with Gasteiger partial charge in [-0.15, -0.1) is 13.2 Å². The Bertz CT molecular complexity index is 475. The van der Waals surface area contributed by atoms with Crippen molar-refractivity contribution in [2.24, 2.45) is 0 Å². The van der Waals surface area contributed by atoms with Crippen LogP contribution in [-0.4, -0.2) is 41.9 Å². The van der Waals surface area contributed by atoms with E-state index in [0.717, 1.165) is 10.5 Å². The lowest BCUT2D eigenvalue weighted by Gasteiger charge is -2.28. The Morgan fingerprint density at radius 1 is 1.33 bits per heavy atom. The molecule has 0 aliphatic rings. The SMILES string of the molecule is C=CCN(CC=C)C(C(=O)OC)c1ccc([S+](C)[O-])cc1. The van der Waals surface area contributed by atoms with Crippen molar-refractivity contribution in [2.45, 2.75) is 10.9 Å². The Balaban J connectivity index is 3.13. The zero-order valence-corrected chi connectivity index (χ0v) is 13.3. The van der Waals surface area contributed by atoms with Gasteiger partial charge in [0.05, 0.1) is 7.11 Å². The van der Waals surface area contributed by atoms with Gasteiger partial charge in [-0.25, -0.2) is 4.79 Å². The molecule has 114 valence electrons. The molecule has 21 heavy (non-hydrogen) atoms. The minimum atomic E-state index is -1.04. The molecule has 0 saturated carbocycles. The molecule has 5 heteroatoms. The van der Waals surface area contributed by atoms with E-state index in [4.69, 9.17) is 4.74 Å². The maximum atomic E-state index is 12.1. The van der Waals surface area contributed by atoms with E-state index in [0.29, 0.717) is 13.1 Å². The van der Waals surface area contributed by atoms with Crippen molar-refractivity contribution < 1.29 is 14.1 Å². The van der Waals surface area contributed by atoms with Crippen LogP contribution in [0.15, 0.2) is 54.5 Å². The van der Waals surface area contributed by atoms with Crippen LogP contribution >= 0.6 is 0 Å². The number of hydrogen-bond acceptors (Lipinski definition) is 4. The third-order valence-corrected chi connectivity index (χ3v) is 3.98. The van der Waals surface area contributed by atoms with E-state index in [1.54, 1.807) is 42.7 Å². The maximum Gasteiger partial charge on any atom is 0.327 e. The number of esters is 1. The largest absolute Gasteiger partial charge is 0.612 e. The van der Waals surface area contributed by atoms with Crippen LogP contribution in [0.1, 0.15) is 11.6 Å². The fourth-order valence-electron chi connectivity index (χ4n) is 2.07. The highest BCUT2D eigenvalue weighted by Crippen LogP contribution is 2.24. The molecule has 0 saturated heterocycles. The Kier molecular flexibility index (Phi) is 7.22. The number of carbonyl (C=O) groups is 1. The van der Waals surface area contributed by atoms with Gasteiger partial charge in [0.1, 0.15) is 12.3 Å². The topological polar surface area (TPSA) is 52.6 Å². The van der Waals surface area contributed by atoms with Gasteiger partial charge < -0.3 is 9.29 Å². The second-order valence-corrected chi connectivity index (χ2v) is 5.86. The molecular formula is C16H21NO3S. The molecule has 0 aliphatic heterocycles. The van der Waals surface area contributed by atoms with Crippen molar-refractivity contribution in [3.63, 3.8) is 0 Å². The number of benzene rings is 1. The highest BCUT2D eigenvalue weighted by atomic mass is 32.2. The molecule has 2 atom stereocenters. The van der Waals surface area contributed by atoms with Crippen molar-refractivity contribution in [2.75, 3.05) is 26.5 Å². The van der Waals surface area contributed by atoms with E-state index < -0.39 is 17.2 Å². The minimum absolute atomic E-state index is 0.343. The van der Waals surface area contributed by atoms with Gasteiger partial charge in [0.25, 0.3) is 0 Å². The van der Waals surface area contributed by atoms with Crippen LogP contribution in [0.25, 0.3) is 0 Å². The summed E-state index contributed by atoms with van der Waals surface area (Å²) in [4.78, 5) is 14.8. The number of rotatable bonds is 8. The number of ether oxygens (including phenoxy) is 1. The van der Waals surface area contributed by atoms with E-state index in [9.17, 15) is 9.35 Å². The molecule has 0 fully saturated rings. The van der Waals surface area contributed by atoms with Crippen molar-refractivity contribution >= 4 is 17.1 Å². The van der Waals surface area contributed by atoms with Crippen molar-refractivity contribution in [1.29, 1.82) is 0 Å². The first-order chi connectivity index (χ1) is 10.0. The molecule has 0 bridgehead atoms. The predicted octanol–water partition coefficient (Wildman–Crippen LogP) is 2.31. The van der Waals surface area contributed by atoms with Crippen molar-refractivity contribution in [3.8, 4) is 0 Å². The standard InChI is InChI=1S/C16H21NO3S/c1-5-11-17(12-6-2)15(16(18)20-3)13-7-9-14(10-8-13)21(4)19/h5-10,15H,1-2,11-12H2,3-4H3. The molecule has 0 radical (unpaired) electrons. The molecule has 0 amide bonds. The summed E-state index contributed by atoms with van der Waals surface area (Å²) in [5.41, 5.74) is 0.791. The third-order valence-electron chi connectivity index (χ3n) is 3.04. The normalized spacial score (nSPS) is 13.5. The van der Waals surface area contributed by atoms with Crippen LogP contribution in [0.4, 0.5) is 0 Å². The second-order valence-electron chi connectivity index (χ2n) is 4.48. The van der Waals surface area contributed by atoms with Gasteiger partial charge >= 0.3 is 5.97 Å². The zero-order valence-electron chi connectivity index (χ0n) is 12.5. The van der Waals surface area contributed by atoms with Gasteiger partial charge in [-0.05, 0) is 28.9 Å². The molecule has 0 aromatic heterocycles. The molecular weight excluding hydrogens is 286 g/mol. The lowest BCUT2D eigenvalue weighted by molar-refractivity contribution is -0.146. The Morgan fingerprint density at radius 3 is 2.24 bits per heavy atom. The number of nitrogens with zero attached hydrogens (tertiary/aromatic N) is 1. The molecule has 4 nitrogen and oxygen atoms in total. The lowest BCUT2D eigenvalue weighted by atomic mass is 10.1. The van der Waals surface area contributed by atoms with Crippen LogP contribution in [0, 0.1) is 0 Å². The molecule has 0 spiro atoms. The first-order valence-electron chi connectivity index (χ1n) is 6.52. The fourth-order valence-corrected chi connectivity index (χ4v) is 2.59. The molecule has 0 N–H and O–H groups in total. The minimum Gasteiger partial charge on any atom is -0.612 e. The van der Waals surface area contributed by atoms with E-state index in [-0.39, 0.29) is 5.97 Å². The molecule has 1 aromatic carbocycles. The first kappa shape index (κ1) is 17.5. The summed E-state index contributed by atoms with van der Waals surface area (Å²) in [6.45, 7) is 8.50. The van der Waals surface area contributed by atoms with Crippen LogP contribution < -0.4 is 0 Å². The highest BCUT2D eigenvalue weighted by Gasteiger charge is 2.27. The molecule has 1 rings (SSSR count). The monoisotopic (exact) mass is 307 g/mol. The first-order valence-corrected chi connectivity index (χ1v) is 8.08. The van der Waals surface area contributed by atoms with E-state index in [1.165, 1.54) is 7.11 Å². The van der Waals surface area contributed by atoms with Gasteiger partial charge in [0, 0.05) is 13.1 Å². The average molecular weight is 307 g/mol. The third kappa shape index (κ3) is 4.74. The summed E-state index contributed by atoms with van der Waals surface area (Å²) in [7, 11) is 1.37. The molecule has 0 aliphatic carbocycles. The zero-order chi connectivity index (χ0) is 15.8. The number of hydrogen-bond donors (Lipinski definition) is 0. The molecule has 2 unspecified atom stereocenters. The Morgan fingerprint density at radius 2 is 1.86 bits per heavy atom. The van der Waals surface area contributed by atoms with Crippen molar-refractivity contribution in [1.82, 2.24) is 4.90 Å². The second kappa shape index (κ2) is 8.67. The Hall–Kier alpha value is -1.56. The van der Waals surface area contributed by atoms with E-state index in [1.807, 2.05) is 4.90 Å². The van der Waals surface area contributed by atoms with Crippen LogP contribution in [0.5, 0.6) is 0 Å². The summed E-state index contributed by atoms with van der Waals surface area (Å²) < 4.78 is 16.3. The van der Waals surface area contributed by atoms with Gasteiger partial charge in [0.2, 0.25) is 0 Å². The van der Waals surface area contributed by atoms with Crippen LogP contribution in [0.3, 0.4) is 0 Å². The predicted molar refractivity (Wildman–Crippen MR) is 85.5 cm³/mol. The van der Waals surface area contributed by atoms with Crippen LogP contribution in [-0.2, 0) is 20.7 Å². The Labute approximate surface area is 129 Å².